The number of aliphatic imine (C=N–C) groups is 1. The van der Waals surface area contributed by atoms with Crippen molar-refractivity contribution in [2.75, 3.05) is 25.2 Å². The summed E-state index contributed by atoms with van der Waals surface area (Å²) in [5, 5.41) is 7.78. The summed E-state index contributed by atoms with van der Waals surface area (Å²) < 4.78 is 53.2. The van der Waals surface area contributed by atoms with Crippen LogP contribution < -0.4 is 15.9 Å². The molecule has 9 heteroatoms. The second-order valence-corrected chi connectivity index (χ2v) is 11.7. The van der Waals surface area contributed by atoms with E-state index in [9.17, 15) is 17.7 Å². The number of benzene rings is 2. The Hall–Kier alpha value is -3.25. The van der Waals surface area contributed by atoms with Crippen LogP contribution in [-0.2, 0) is 11.0 Å². The molecule has 1 aromatic heterocycles. The van der Waals surface area contributed by atoms with Crippen molar-refractivity contribution in [3.63, 3.8) is 0 Å². The second-order valence-electron chi connectivity index (χ2n) is 8.45. The molecule has 5 nitrogen and oxygen atoms in total. The summed E-state index contributed by atoms with van der Waals surface area (Å²) in [4.78, 5) is 7.47. The number of nitrogens with one attached hydrogen (secondary N) is 3. The van der Waals surface area contributed by atoms with Gasteiger partial charge in [0, 0.05) is 34.6 Å². The fraction of sp³-hybridized carbons (Fsp3) is 0.296. The number of rotatable bonds is 8. The molecule has 3 rings (SSSR count). The maximum absolute atomic E-state index is 13.7. The SMILES string of the molecule is C/C=C(\C(=NCCc1c[nH]c2ccccc12)NC(C)Nc1ccc(P(C)(C)=O)cc1)C(F)(F)F.C=C. The minimum Gasteiger partial charge on any atom is -0.366 e. The molecule has 0 radical (unpaired) electrons. The predicted octanol–water partition coefficient (Wildman–Crippen LogP) is 6.72. The standard InChI is InChI=1S/C25H30F3N4OP.C2H4/c1-5-22(25(26,27)28)24(29-15-14-18-16-30-23-9-7-6-8-21(18)23)32-17(2)31-19-10-12-20(13-11-19)34(3,4)33;1-2/h5-13,16-17,30-31H,14-15H2,1-4H3,(H,29,32);1-2H2/b22-5+;. The lowest BCUT2D eigenvalue weighted by Crippen LogP contribution is -2.42. The fourth-order valence-corrected chi connectivity index (χ4v) is 4.54. The Morgan fingerprint density at radius 1 is 1.14 bits per heavy atom. The highest BCUT2D eigenvalue weighted by atomic mass is 31.2. The average Bonchev–Trinajstić information content (AvgIpc) is 3.22. The summed E-state index contributed by atoms with van der Waals surface area (Å²) in [6, 6.07) is 14.8. The van der Waals surface area contributed by atoms with Gasteiger partial charge in [-0.2, -0.15) is 13.2 Å². The number of alkyl halides is 3. The lowest BCUT2D eigenvalue weighted by molar-refractivity contribution is -0.0865. The molecule has 3 aromatic rings. The van der Waals surface area contributed by atoms with Crippen LogP contribution in [0.2, 0.25) is 0 Å². The summed E-state index contributed by atoms with van der Waals surface area (Å²) in [5.41, 5.74) is 1.87. The third-order valence-electron chi connectivity index (χ3n) is 5.40. The van der Waals surface area contributed by atoms with E-state index in [1.807, 2.05) is 30.5 Å². The lowest BCUT2D eigenvalue weighted by atomic mass is 10.1. The number of aromatic amines is 1. The molecule has 36 heavy (non-hydrogen) atoms. The number of fused-ring (bicyclic) bond motifs is 1. The molecular formula is C27H34F3N4OP. The molecule has 0 saturated carbocycles. The van der Waals surface area contributed by atoms with Gasteiger partial charge in [-0.25, -0.2) is 0 Å². The van der Waals surface area contributed by atoms with Crippen molar-refractivity contribution in [3.05, 3.63) is 85.1 Å². The first-order chi connectivity index (χ1) is 17.0. The van der Waals surface area contributed by atoms with E-state index in [-0.39, 0.29) is 12.4 Å². The van der Waals surface area contributed by atoms with Gasteiger partial charge in [0.1, 0.15) is 13.0 Å². The highest BCUT2D eigenvalue weighted by Crippen LogP contribution is 2.34. The number of amidine groups is 1. The van der Waals surface area contributed by atoms with Gasteiger partial charge in [0.2, 0.25) is 0 Å². The van der Waals surface area contributed by atoms with Crippen molar-refractivity contribution in [1.29, 1.82) is 0 Å². The smallest absolute Gasteiger partial charge is 0.366 e. The molecule has 0 fully saturated rings. The molecule has 0 aliphatic heterocycles. The molecule has 0 saturated heterocycles. The molecule has 194 valence electrons. The second kappa shape index (κ2) is 12.6. The van der Waals surface area contributed by atoms with Gasteiger partial charge >= 0.3 is 6.18 Å². The first-order valence-corrected chi connectivity index (χ1v) is 14.1. The number of hydrogen-bond acceptors (Lipinski definition) is 3. The Labute approximate surface area is 211 Å². The third kappa shape index (κ3) is 7.89. The Morgan fingerprint density at radius 3 is 2.36 bits per heavy atom. The van der Waals surface area contributed by atoms with Crippen LogP contribution in [0.15, 0.2) is 84.5 Å². The normalized spacial score (nSPS) is 13.6. The molecule has 0 bridgehead atoms. The van der Waals surface area contributed by atoms with Gasteiger partial charge in [0.05, 0.1) is 11.7 Å². The number of H-pyrrole nitrogens is 1. The minimum absolute atomic E-state index is 0.196. The summed E-state index contributed by atoms with van der Waals surface area (Å²) in [7, 11) is -2.38. The van der Waals surface area contributed by atoms with Gasteiger partial charge in [-0.3, -0.25) is 4.99 Å². The topological polar surface area (TPSA) is 69.3 Å². The van der Waals surface area contributed by atoms with Gasteiger partial charge in [-0.1, -0.05) is 24.3 Å². The molecule has 2 aromatic carbocycles. The van der Waals surface area contributed by atoms with E-state index in [1.165, 1.54) is 6.92 Å². The van der Waals surface area contributed by atoms with Crippen LogP contribution in [0.4, 0.5) is 18.9 Å². The Bertz CT molecular complexity index is 1240. The number of allylic oxidation sites excluding steroid dienone is 1. The monoisotopic (exact) mass is 518 g/mol. The number of para-hydroxylation sites is 1. The van der Waals surface area contributed by atoms with Gasteiger partial charge < -0.3 is 20.2 Å². The van der Waals surface area contributed by atoms with Gasteiger partial charge in [-0.15, -0.1) is 13.2 Å². The van der Waals surface area contributed by atoms with Crippen molar-refractivity contribution in [2.45, 2.75) is 32.6 Å². The van der Waals surface area contributed by atoms with Crippen LogP contribution in [0.25, 0.3) is 10.9 Å². The largest absolute Gasteiger partial charge is 0.419 e. The lowest BCUT2D eigenvalue weighted by Gasteiger charge is -2.22. The van der Waals surface area contributed by atoms with Crippen LogP contribution in [0.5, 0.6) is 0 Å². The molecule has 1 heterocycles. The van der Waals surface area contributed by atoms with Crippen molar-refractivity contribution >= 4 is 34.9 Å². The molecule has 0 aliphatic carbocycles. The number of aromatic nitrogens is 1. The predicted molar refractivity (Wildman–Crippen MR) is 147 cm³/mol. The van der Waals surface area contributed by atoms with Crippen LogP contribution in [0, 0.1) is 0 Å². The quantitative estimate of drug-likeness (QED) is 0.102. The van der Waals surface area contributed by atoms with Gasteiger partial charge in [0.25, 0.3) is 0 Å². The summed E-state index contributed by atoms with van der Waals surface area (Å²) in [6.07, 6.45) is -1.68. The van der Waals surface area contributed by atoms with Crippen LogP contribution in [-0.4, -0.2) is 43.0 Å². The minimum atomic E-state index is -4.54. The highest BCUT2D eigenvalue weighted by molar-refractivity contribution is 7.70. The van der Waals surface area contributed by atoms with E-state index < -0.39 is 25.1 Å². The summed E-state index contributed by atoms with van der Waals surface area (Å²) >= 11 is 0. The van der Waals surface area contributed by atoms with Crippen LogP contribution in [0.1, 0.15) is 19.4 Å². The molecular weight excluding hydrogens is 484 g/mol. The van der Waals surface area contributed by atoms with Gasteiger partial charge in [-0.05, 0) is 69.5 Å². The maximum atomic E-state index is 13.7. The molecule has 0 amide bonds. The van der Waals surface area contributed by atoms with Gasteiger partial charge in [0.15, 0.2) is 0 Å². The summed E-state index contributed by atoms with van der Waals surface area (Å²) in [6.45, 7) is 12.6. The van der Waals surface area contributed by atoms with Crippen molar-refractivity contribution in [1.82, 2.24) is 10.3 Å². The maximum Gasteiger partial charge on any atom is 0.419 e. The van der Waals surface area contributed by atoms with E-state index in [0.29, 0.717) is 12.1 Å². The fourth-order valence-electron chi connectivity index (χ4n) is 3.68. The van der Waals surface area contributed by atoms with E-state index in [0.717, 1.165) is 27.8 Å². The number of anilines is 1. The van der Waals surface area contributed by atoms with E-state index in [2.05, 4.69) is 33.8 Å². The molecule has 1 atom stereocenters. The first kappa shape index (κ1) is 29.0. The third-order valence-corrected chi connectivity index (χ3v) is 6.94. The highest BCUT2D eigenvalue weighted by Gasteiger charge is 2.36. The molecule has 3 N–H and O–H groups in total. The van der Waals surface area contributed by atoms with Crippen LogP contribution in [0.3, 0.4) is 0 Å². The molecule has 0 spiro atoms. The van der Waals surface area contributed by atoms with E-state index in [4.69, 9.17) is 0 Å². The zero-order chi connectivity index (χ0) is 26.9. The number of halogens is 3. The Morgan fingerprint density at radius 2 is 1.78 bits per heavy atom. The average molecular weight is 519 g/mol. The number of nitrogens with zero attached hydrogens (tertiary/aromatic N) is 1. The zero-order valence-corrected chi connectivity index (χ0v) is 22.0. The van der Waals surface area contributed by atoms with E-state index in [1.54, 1.807) is 44.5 Å². The first-order valence-electron chi connectivity index (χ1n) is 11.5. The van der Waals surface area contributed by atoms with Crippen molar-refractivity contribution in [3.8, 4) is 0 Å². The van der Waals surface area contributed by atoms with Crippen LogP contribution >= 0.6 is 7.14 Å². The summed E-state index contributed by atoms with van der Waals surface area (Å²) in [5.74, 6) is -0.210. The van der Waals surface area contributed by atoms with E-state index >= 15 is 0 Å². The number of hydrogen-bond donors (Lipinski definition) is 3. The molecule has 0 aliphatic rings. The zero-order valence-electron chi connectivity index (χ0n) is 21.1. The van der Waals surface area contributed by atoms with Crippen molar-refractivity contribution < 1.29 is 17.7 Å². The Balaban J connectivity index is 0.00000222. The molecule has 1 unspecified atom stereocenters. The Kier molecular flexibility index (Phi) is 10.2. The van der Waals surface area contributed by atoms with Crippen molar-refractivity contribution in [2.24, 2.45) is 4.99 Å².